The molecule has 1 fully saturated rings. The summed E-state index contributed by atoms with van der Waals surface area (Å²) in [5.41, 5.74) is 1.22. The van der Waals surface area contributed by atoms with Gasteiger partial charge in [0.05, 0.1) is 0 Å². The lowest BCUT2D eigenvalue weighted by Crippen LogP contribution is -2.42. The van der Waals surface area contributed by atoms with E-state index in [1.54, 1.807) is 6.92 Å². The Morgan fingerprint density at radius 1 is 1.44 bits per heavy atom. The zero-order valence-corrected chi connectivity index (χ0v) is 11.0. The first-order chi connectivity index (χ1) is 8.54. The van der Waals surface area contributed by atoms with Crippen LogP contribution in [0.1, 0.15) is 48.8 Å². The summed E-state index contributed by atoms with van der Waals surface area (Å²) in [5.74, 6) is -0.185. The molecule has 0 atom stereocenters. The van der Waals surface area contributed by atoms with Crippen LogP contribution in [0.25, 0.3) is 0 Å². The van der Waals surface area contributed by atoms with Crippen LogP contribution in [0.15, 0.2) is 16.9 Å². The third-order valence-corrected chi connectivity index (χ3v) is 4.01. The van der Waals surface area contributed by atoms with Crippen molar-refractivity contribution < 1.29 is 4.79 Å². The molecule has 1 amide bonds. The summed E-state index contributed by atoms with van der Waals surface area (Å²) in [5, 5.41) is 2.94. The molecule has 1 heterocycles. The number of nitrogens with one attached hydrogen (secondary N) is 2. The molecule has 1 saturated carbocycles. The van der Waals surface area contributed by atoms with Crippen LogP contribution in [0.3, 0.4) is 0 Å². The molecule has 98 valence electrons. The Morgan fingerprint density at radius 3 is 2.67 bits per heavy atom. The Bertz CT molecular complexity index is 495. The van der Waals surface area contributed by atoms with Crippen molar-refractivity contribution in [3.8, 4) is 0 Å². The molecule has 0 bridgehead atoms. The molecule has 0 radical (unpaired) electrons. The van der Waals surface area contributed by atoms with E-state index >= 15 is 0 Å². The summed E-state index contributed by atoms with van der Waals surface area (Å²) in [4.78, 5) is 26.2. The van der Waals surface area contributed by atoms with E-state index in [4.69, 9.17) is 0 Å². The average Bonchev–Trinajstić information content (AvgIpc) is 2.26. The van der Waals surface area contributed by atoms with Gasteiger partial charge >= 0.3 is 0 Å². The summed E-state index contributed by atoms with van der Waals surface area (Å²) < 4.78 is 0. The van der Waals surface area contributed by atoms with Gasteiger partial charge in [0.2, 0.25) is 0 Å². The van der Waals surface area contributed by atoms with Gasteiger partial charge in [-0.1, -0.05) is 13.3 Å². The Kier molecular flexibility index (Phi) is 3.55. The molecule has 0 unspecified atom stereocenters. The number of aromatic nitrogens is 1. The number of pyridine rings is 1. The first-order valence-corrected chi connectivity index (χ1v) is 6.54. The van der Waals surface area contributed by atoms with Crippen molar-refractivity contribution in [2.75, 3.05) is 6.54 Å². The van der Waals surface area contributed by atoms with E-state index in [2.05, 4.69) is 17.2 Å². The van der Waals surface area contributed by atoms with E-state index in [-0.39, 0.29) is 11.3 Å². The van der Waals surface area contributed by atoms with Crippen LogP contribution in [0.5, 0.6) is 0 Å². The van der Waals surface area contributed by atoms with Gasteiger partial charge in [-0.25, -0.2) is 0 Å². The number of aromatic amines is 1. The van der Waals surface area contributed by atoms with Crippen LogP contribution in [0.2, 0.25) is 0 Å². The monoisotopic (exact) mass is 248 g/mol. The second kappa shape index (κ2) is 4.96. The Hall–Kier alpha value is -1.58. The van der Waals surface area contributed by atoms with Crippen molar-refractivity contribution in [2.24, 2.45) is 5.41 Å². The number of H-pyrrole nitrogens is 1. The number of carbonyl (C=O) groups excluding carboxylic acids is 1. The molecule has 0 aromatic carbocycles. The van der Waals surface area contributed by atoms with Gasteiger partial charge in [0.1, 0.15) is 5.69 Å². The molecule has 4 nitrogen and oxygen atoms in total. The van der Waals surface area contributed by atoms with Gasteiger partial charge in [0, 0.05) is 24.4 Å². The van der Waals surface area contributed by atoms with Gasteiger partial charge in [-0.3, -0.25) is 9.59 Å². The summed E-state index contributed by atoms with van der Waals surface area (Å²) >= 11 is 0. The maximum absolute atomic E-state index is 12.0. The minimum atomic E-state index is -0.185. The molecule has 2 N–H and O–H groups in total. The quantitative estimate of drug-likeness (QED) is 0.856. The normalized spacial score (nSPS) is 17.0. The van der Waals surface area contributed by atoms with E-state index in [0.29, 0.717) is 23.3 Å². The van der Waals surface area contributed by atoms with Crippen molar-refractivity contribution in [3.63, 3.8) is 0 Å². The zero-order chi connectivity index (χ0) is 13.2. The second-order valence-electron chi connectivity index (χ2n) is 5.30. The molecule has 2 rings (SSSR count). The topological polar surface area (TPSA) is 62.0 Å². The largest absolute Gasteiger partial charge is 0.354 e. The molecule has 1 aliphatic rings. The molecule has 1 aliphatic carbocycles. The van der Waals surface area contributed by atoms with Crippen molar-refractivity contribution in [2.45, 2.75) is 39.5 Å². The summed E-state index contributed by atoms with van der Waals surface area (Å²) in [6.45, 7) is 4.65. The highest BCUT2D eigenvalue weighted by atomic mass is 16.2. The van der Waals surface area contributed by atoms with E-state index < -0.39 is 0 Å². The zero-order valence-electron chi connectivity index (χ0n) is 11.0. The highest BCUT2D eigenvalue weighted by molar-refractivity contribution is 5.92. The standard InChI is InChI=1S/C14H20N2O2/c1-3-14(5-4-6-14)9-15-13(18)12-8-11(17)7-10(2)16-12/h7-8H,3-6,9H2,1-2H3,(H,15,18)(H,16,17). The Morgan fingerprint density at radius 2 is 2.17 bits per heavy atom. The molecule has 4 heteroatoms. The van der Waals surface area contributed by atoms with Gasteiger partial charge in [-0.2, -0.15) is 0 Å². The molecule has 1 aromatic heterocycles. The van der Waals surface area contributed by atoms with Crippen LogP contribution < -0.4 is 10.7 Å². The van der Waals surface area contributed by atoms with Gasteiger partial charge < -0.3 is 10.3 Å². The fourth-order valence-electron chi connectivity index (χ4n) is 2.50. The molecule has 1 aromatic rings. The third-order valence-electron chi connectivity index (χ3n) is 4.01. The molecule has 18 heavy (non-hydrogen) atoms. The third kappa shape index (κ3) is 2.63. The fourth-order valence-corrected chi connectivity index (χ4v) is 2.50. The first-order valence-electron chi connectivity index (χ1n) is 6.54. The lowest BCUT2D eigenvalue weighted by molar-refractivity contribution is 0.0845. The lowest BCUT2D eigenvalue weighted by Gasteiger charge is -2.41. The smallest absolute Gasteiger partial charge is 0.267 e. The average molecular weight is 248 g/mol. The Balaban J connectivity index is 2.01. The van der Waals surface area contributed by atoms with Crippen LogP contribution in [0.4, 0.5) is 0 Å². The maximum atomic E-state index is 12.0. The van der Waals surface area contributed by atoms with E-state index in [0.717, 1.165) is 6.42 Å². The molecular formula is C14H20N2O2. The fraction of sp³-hybridized carbons (Fsp3) is 0.571. The Labute approximate surface area is 107 Å². The van der Waals surface area contributed by atoms with Crippen LogP contribution in [-0.2, 0) is 0 Å². The van der Waals surface area contributed by atoms with Gasteiger partial charge in [-0.05, 0) is 31.6 Å². The summed E-state index contributed by atoms with van der Waals surface area (Å²) in [6, 6.07) is 2.83. The van der Waals surface area contributed by atoms with Crippen molar-refractivity contribution >= 4 is 5.91 Å². The van der Waals surface area contributed by atoms with E-state index in [1.165, 1.54) is 31.4 Å². The number of hydrogen-bond acceptors (Lipinski definition) is 2. The molecular weight excluding hydrogens is 228 g/mol. The SMILES string of the molecule is CCC1(CNC(=O)c2cc(=O)cc(C)[nH]2)CCC1. The molecule has 0 spiro atoms. The predicted octanol–water partition coefficient (Wildman–Crippen LogP) is 1.99. The first kappa shape index (κ1) is 12.9. The van der Waals surface area contributed by atoms with Gasteiger partial charge in [0.15, 0.2) is 5.43 Å². The number of aryl methyl sites for hydroxylation is 1. The number of hydrogen-bond donors (Lipinski definition) is 2. The summed E-state index contributed by atoms with van der Waals surface area (Å²) in [6.07, 6.45) is 4.73. The summed E-state index contributed by atoms with van der Waals surface area (Å²) in [7, 11) is 0. The van der Waals surface area contributed by atoms with E-state index in [9.17, 15) is 9.59 Å². The van der Waals surface area contributed by atoms with Crippen LogP contribution >= 0.6 is 0 Å². The van der Waals surface area contributed by atoms with Crippen LogP contribution in [-0.4, -0.2) is 17.4 Å². The highest BCUT2D eigenvalue weighted by Crippen LogP contribution is 2.43. The lowest BCUT2D eigenvalue weighted by atomic mass is 9.67. The minimum Gasteiger partial charge on any atom is -0.354 e. The van der Waals surface area contributed by atoms with Gasteiger partial charge in [0.25, 0.3) is 5.91 Å². The van der Waals surface area contributed by atoms with Crippen molar-refractivity contribution in [1.82, 2.24) is 10.3 Å². The molecule has 0 saturated heterocycles. The molecule has 0 aliphatic heterocycles. The van der Waals surface area contributed by atoms with E-state index in [1.807, 2.05) is 0 Å². The van der Waals surface area contributed by atoms with Gasteiger partial charge in [-0.15, -0.1) is 0 Å². The number of amides is 1. The predicted molar refractivity (Wildman–Crippen MR) is 70.7 cm³/mol. The van der Waals surface area contributed by atoms with Crippen molar-refractivity contribution in [3.05, 3.63) is 33.7 Å². The number of carbonyl (C=O) groups is 1. The second-order valence-corrected chi connectivity index (χ2v) is 5.30. The highest BCUT2D eigenvalue weighted by Gasteiger charge is 2.35. The van der Waals surface area contributed by atoms with Crippen molar-refractivity contribution in [1.29, 1.82) is 0 Å². The minimum absolute atomic E-state index is 0.134. The number of rotatable bonds is 4. The van der Waals surface area contributed by atoms with Crippen LogP contribution in [0, 0.1) is 12.3 Å². The maximum Gasteiger partial charge on any atom is 0.267 e.